The van der Waals surface area contributed by atoms with Crippen LogP contribution in [0.3, 0.4) is 0 Å². The number of hydrogen-bond acceptors (Lipinski definition) is 4. The average Bonchev–Trinajstić information content (AvgIpc) is 2.93. The molecular weight excluding hydrogens is 280 g/mol. The van der Waals surface area contributed by atoms with Crippen molar-refractivity contribution in [3.05, 3.63) is 34.0 Å². The second-order valence-corrected chi connectivity index (χ2v) is 5.94. The fourth-order valence-corrected chi connectivity index (χ4v) is 3.03. The number of nitrogens with zero attached hydrogens (tertiary/aromatic N) is 2. The van der Waals surface area contributed by atoms with Crippen LogP contribution >= 0.6 is 0 Å². The average molecular weight is 302 g/mol. The first-order valence-corrected chi connectivity index (χ1v) is 7.88. The quantitative estimate of drug-likeness (QED) is 0.848. The highest BCUT2D eigenvalue weighted by atomic mass is 16.5. The minimum atomic E-state index is -0.0280. The largest absolute Gasteiger partial charge is 0.361 e. The Morgan fingerprint density at radius 1 is 1.27 bits per heavy atom. The Kier molecular flexibility index (Phi) is 4.27. The highest BCUT2D eigenvalue weighted by molar-refractivity contribution is 5.79. The van der Waals surface area contributed by atoms with Crippen LogP contribution in [-0.4, -0.2) is 21.3 Å². The van der Waals surface area contributed by atoms with Crippen LogP contribution in [0.5, 0.6) is 0 Å². The topological polar surface area (TPSA) is 83.8 Å². The van der Waals surface area contributed by atoms with Gasteiger partial charge in [-0.3, -0.25) is 9.89 Å². The van der Waals surface area contributed by atoms with Crippen LogP contribution in [0.2, 0.25) is 0 Å². The van der Waals surface area contributed by atoms with Crippen molar-refractivity contribution >= 4 is 5.91 Å². The molecule has 6 nitrogen and oxygen atoms in total. The lowest BCUT2D eigenvalue weighted by molar-refractivity contribution is -0.120. The molecule has 0 atom stereocenters. The molecule has 3 rings (SSSR count). The summed E-state index contributed by atoms with van der Waals surface area (Å²) in [6.07, 6.45) is 6.10. The molecule has 0 spiro atoms. The summed E-state index contributed by atoms with van der Waals surface area (Å²) in [6.45, 7) is 4.16. The maximum Gasteiger partial charge on any atom is 0.224 e. The van der Waals surface area contributed by atoms with Crippen molar-refractivity contribution in [2.24, 2.45) is 0 Å². The van der Waals surface area contributed by atoms with Gasteiger partial charge in [-0.2, -0.15) is 5.10 Å². The number of rotatable bonds is 4. The van der Waals surface area contributed by atoms with Gasteiger partial charge in [0.2, 0.25) is 5.91 Å². The maximum absolute atomic E-state index is 12.1. The molecule has 0 bridgehead atoms. The van der Waals surface area contributed by atoms with Crippen molar-refractivity contribution in [1.29, 1.82) is 0 Å². The highest BCUT2D eigenvalue weighted by Crippen LogP contribution is 2.21. The predicted molar refractivity (Wildman–Crippen MR) is 81.4 cm³/mol. The standard InChI is InChI=1S/C16H22N4O2/c1-10-13(11(2)22-20-10)8-16(21)17-9-15-12-6-4-3-5-7-14(12)18-19-15/h3-9H2,1-2H3,(H,17,21)(H,18,19). The highest BCUT2D eigenvalue weighted by Gasteiger charge is 2.17. The van der Waals surface area contributed by atoms with Gasteiger partial charge in [-0.1, -0.05) is 11.6 Å². The molecule has 2 aromatic heterocycles. The van der Waals surface area contributed by atoms with Gasteiger partial charge < -0.3 is 9.84 Å². The zero-order valence-electron chi connectivity index (χ0n) is 13.2. The Bertz CT molecular complexity index is 652. The van der Waals surface area contributed by atoms with Gasteiger partial charge in [0.15, 0.2) is 0 Å². The Morgan fingerprint density at radius 2 is 2.09 bits per heavy atom. The van der Waals surface area contributed by atoms with Crippen LogP contribution in [0.25, 0.3) is 0 Å². The third-order valence-corrected chi connectivity index (χ3v) is 4.36. The Labute approximate surface area is 129 Å². The monoisotopic (exact) mass is 302 g/mol. The summed E-state index contributed by atoms with van der Waals surface area (Å²) in [5.41, 5.74) is 5.17. The summed E-state index contributed by atoms with van der Waals surface area (Å²) < 4.78 is 5.09. The number of nitrogens with one attached hydrogen (secondary N) is 2. The molecule has 0 saturated heterocycles. The zero-order chi connectivity index (χ0) is 15.5. The third-order valence-electron chi connectivity index (χ3n) is 4.36. The number of carbonyl (C=O) groups is 1. The maximum atomic E-state index is 12.1. The van der Waals surface area contributed by atoms with E-state index in [0.29, 0.717) is 18.7 Å². The minimum absolute atomic E-state index is 0.0280. The molecule has 2 aromatic rings. The summed E-state index contributed by atoms with van der Waals surface area (Å²) in [5, 5.41) is 14.3. The van der Waals surface area contributed by atoms with E-state index in [1.165, 1.54) is 30.5 Å². The van der Waals surface area contributed by atoms with Crippen LogP contribution < -0.4 is 5.32 Å². The summed E-state index contributed by atoms with van der Waals surface area (Å²) >= 11 is 0. The fraction of sp³-hybridized carbons (Fsp3) is 0.562. The molecule has 0 unspecified atom stereocenters. The first-order chi connectivity index (χ1) is 10.6. The van der Waals surface area contributed by atoms with Crippen LogP contribution in [0, 0.1) is 13.8 Å². The zero-order valence-corrected chi connectivity index (χ0v) is 13.2. The lowest BCUT2D eigenvalue weighted by Crippen LogP contribution is -2.25. The number of aromatic nitrogens is 3. The van der Waals surface area contributed by atoms with E-state index in [-0.39, 0.29) is 5.91 Å². The summed E-state index contributed by atoms with van der Waals surface area (Å²) in [4.78, 5) is 12.1. The van der Waals surface area contributed by atoms with Crippen molar-refractivity contribution in [2.75, 3.05) is 0 Å². The third kappa shape index (κ3) is 3.05. The van der Waals surface area contributed by atoms with E-state index in [1.807, 2.05) is 13.8 Å². The first-order valence-electron chi connectivity index (χ1n) is 7.88. The number of H-pyrrole nitrogens is 1. The van der Waals surface area contributed by atoms with Gasteiger partial charge in [-0.15, -0.1) is 0 Å². The molecule has 1 amide bonds. The number of hydrogen-bond donors (Lipinski definition) is 2. The summed E-state index contributed by atoms with van der Waals surface area (Å²) in [6, 6.07) is 0. The number of fused-ring (bicyclic) bond motifs is 1. The Balaban J connectivity index is 1.61. The number of amides is 1. The predicted octanol–water partition coefficient (Wildman–Crippen LogP) is 2.14. The number of aromatic amines is 1. The van der Waals surface area contributed by atoms with Crippen molar-refractivity contribution in [3.8, 4) is 0 Å². The van der Waals surface area contributed by atoms with Gasteiger partial charge in [-0.05, 0) is 45.1 Å². The van der Waals surface area contributed by atoms with Crippen LogP contribution in [0.4, 0.5) is 0 Å². The van der Waals surface area contributed by atoms with Gasteiger partial charge in [0.1, 0.15) is 5.76 Å². The molecule has 118 valence electrons. The van der Waals surface area contributed by atoms with Crippen LogP contribution in [0.15, 0.2) is 4.52 Å². The van der Waals surface area contributed by atoms with Crippen molar-refractivity contribution in [2.45, 2.75) is 58.9 Å². The molecule has 1 aliphatic rings. The molecule has 0 fully saturated rings. The Morgan fingerprint density at radius 3 is 2.86 bits per heavy atom. The van der Waals surface area contributed by atoms with Gasteiger partial charge >= 0.3 is 0 Å². The molecule has 0 radical (unpaired) electrons. The number of carbonyl (C=O) groups excluding carboxylic acids is 1. The molecule has 0 aromatic carbocycles. The number of aryl methyl sites for hydroxylation is 3. The van der Waals surface area contributed by atoms with Crippen molar-refractivity contribution < 1.29 is 9.32 Å². The Hall–Kier alpha value is -2.11. The fourth-order valence-electron chi connectivity index (χ4n) is 3.03. The molecule has 2 N–H and O–H groups in total. The van der Waals surface area contributed by atoms with Crippen molar-refractivity contribution in [1.82, 2.24) is 20.7 Å². The normalized spacial score (nSPS) is 14.5. The van der Waals surface area contributed by atoms with Gasteiger partial charge in [0, 0.05) is 11.3 Å². The van der Waals surface area contributed by atoms with Crippen molar-refractivity contribution in [3.63, 3.8) is 0 Å². The molecule has 0 saturated carbocycles. The molecular formula is C16H22N4O2. The minimum Gasteiger partial charge on any atom is -0.361 e. The molecule has 6 heteroatoms. The molecule has 22 heavy (non-hydrogen) atoms. The second kappa shape index (κ2) is 6.34. The van der Waals surface area contributed by atoms with E-state index < -0.39 is 0 Å². The van der Waals surface area contributed by atoms with Gasteiger partial charge in [0.25, 0.3) is 0 Å². The molecule has 0 aliphatic heterocycles. The van der Waals surface area contributed by atoms with E-state index in [0.717, 1.165) is 29.8 Å². The summed E-state index contributed by atoms with van der Waals surface area (Å²) in [5.74, 6) is 0.682. The molecule has 2 heterocycles. The smallest absolute Gasteiger partial charge is 0.224 e. The van der Waals surface area contributed by atoms with E-state index in [2.05, 4.69) is 20.7 Å². The first kappa shape index (κ1) is 14.8. The SMILES string of the molecule is Cc1noc(C)c1CC(=O)NCc1n[nH]c2c1CCCCC2. The lowest BCUT2D eigenvalue weighted by atomic mass is 10.1. The van der Waals surface area contributed by atoms with Gasteiger partial charge in [-0.25, -0.2) is 0 Å². The van der Waals surface area contributed by atoms with Gasteiger partial charge in [0.05, 0.1) is 24.4 Å². The second-order valence-electron chi connectivity index (χ2n) is 5.94. The van der Waals surface area contributed by atoms with Crippen LogP contribution in [0.1, 0.15) is 53.2 Å². The van der Waals surface area contributed by atoms with E-state index in [4.69, 9.17) is 4.52 Å². The van der Waals surface area contributed by atoms with E-state index in [9.17, 15) is 4.79 Å². The summed E-state index contributed by atoms with van der Waals surface area (Å²) in [7, 11) is 0. The van der Waals surface area contributed by atoms with Crippen LogP contribution in [-0.2, 0) is 30.6 Å². The molecule has 1 aliphatic carbocycles. The van der Waals surface area contributed by atoms with E-state index >= 15 is 0 Å². The van der Waals surface area contributed by atoms with E-state index in [1.54, 1.807) is 0 Å². The lowest BCUT2D eigenvalue weighted by Gasteiger charge is -2.05.